The van der Waals surface area contributed by atoms with Gasteiger partial charge in [0.15, 0.2) is 0 Å². The van der Waals surface area contributed by atoms with Crippen molar-refractivity contribution < 1.29 is 4.74 Å². The minimum Gasteiger partial charge on any atom is -0.488 e. The second kappa shape index (κ2) is 3.13. The molecule has 1 aliphatic carbocycles. The lowest BCUT2D eigenvalue weighted by molar-refractivity contribution is 0.103. The SMILES string of the molecule is NC12CCCCC1Oc1ccc(Cl)cc12. The molecule has 1 fully saturated rings. The summed E-state index contributed by atoms with van der Waals surface area (Å²) < 4.78 is 5.89. The molecule has 15 heavy (non-hydrogen) atoms. The summed E-state index contributed by atoms with van der Waals surface area (Å²) in [5, 5.41) is 0.744. The maximum Gasteiger partial charge on any atom is 0.125 e. The Bertz CT molecular complexity index is 407. The summed E-state index contributed by atoms with van der Waals surface area (Å²) in [6.45, 7) is 0. The van der Waals surface area contributed by atoms with Crippen molar-refractivity contribution in [2.24, 2.45) is 5.73 Å². The van der Waals surface area contributed by atoms with Crippen LogP contribution in [0.25, 0.3) is 0 Å². The van der Waals surface area contributed by atoms with Crippen molar-refractivity contribution in [2.45, 2.75) is 37.3 Å². The molecule has 1 aliphatic heterocycles. The van der Waals surface area contributed by atoms with E-state index in [0.717, 1.165) is 29.2 Å². The summed E-state index contributed by atoms with van der Waals surface area (Å²) in [6, 6.07) is 5.76. The minimum atomic E-state index is -0.293. The molecule has 80 valence electrons. The van der Waals surface area contributed by atoms with Crippen LogP contribution in [-0.4, -0.2) is 6.10 Å². The number of ether oxygens (including phenoxy) is 1. The Morgan fingerprint density at radius 2 is 2.27 bits per heavy atom. The van der Waals surface area contributed by atoms with Gasteiger partial charge in [0.25, 0.3) is 0 Å². The molecule has 0 radical (unpaired) electrons. The number of nitrogens with two attached hydrogens (primary N) is 1. The Hall–Kier alpha value is -0.730. The first-order valence-electron chi connectivity index (χ1n) is 5.46. The molecule has 2 N–H and O–H groups in total. The molecule has 2 atom stereocenters. The smallest absolute Gasteiger partial charge is 0.125 e. The number of halogens is 1. The monoisotopic (exact) mass is 223 g/mol. The van der Waals surface area contributed by atoms with E-state index in [1.54, 1.807) is 0 Å². The van der Waals surface area contributed by atoms with Crippen molar-refractivity contribution in [1.82, 2.24) is 0 Å². The van der Waals surface area contributed by atoms with Crippen molar-refractivity contribution >= 4 is 11.6 Å². The van der Waals surface area contributed by atoms with Gasteiger partial charge in [-0.15, -0.1) is 0 Å². The average molecular weight is 224 g/mol. The van der Waals surface area contributed by atoms with E-state index < -0.39 is 0 Å². The molecule has 0 bridgehead atoms. The van der Waals surface area contributed by atoms with Gasteiger partial charge in [0.2, 0.25) is 0 Å². The van der Waals surface area contributed by atoms with Crippen LogP contribution in [0, 0.1) is 0 Å². The number of fused-ring (bicyclic) bond motifs is 3. The van der Waals surface area contributed by atoms with Crippen molar-refractivity contribution in [1.29, 1.82) is 0 Å². The first-order valence-corrected chi connectivity index (χ1v) is 5.83. The molecule has 3 rings (SSSR count). The van der Waals surface area contributed by atoms with Gasteiger partial charge >= 0.3 is 0 Å². The van der Waals surface area contributed by atoms with Crippen molar-refractivity contribution in [3.05, 3.63) is 28.8 Å². The summed E-state index contributed by atoms with van der Waals surface area (Å²) in [7, 11) is 0. The summed E-state index contributed by atoms with van der Waals surface area (Å²) in [5.74, 6) is 0.925. The van der Waals surface area contributed by atoms with E-state index in [1.165, 1.54) is 12.8 Å². The van der Waals surface area contributed by atoms with E-state index in [-0.39, 0.29) is 11.6 Å². The molecule has 2 aliphatic rings. The Balaban J connectivity index is 2.11. The predicted molar refractivity (Wildman–Crippen MR) is 60.2 cm³/mol. The second-order valence-corrected chi connectivity index (χ2v) is 4.97. The fraction of sp³-hybridized carbons (Fsp3) is 0.500. The highest BCUT2D eigenvalue weighted by molar-refractivity contribution is 6.30. The summed E-state index contributed by atoms with van der Waals surface area (Å²) in [6.07, 6.45) is 4.61. The van der Waals surface area contributed by atoms with Crippen LogP contribution in [-0.2, 0) is 5.54 Å². The fourth-order valence-corrected chi connectivity index (χ4v) is 2.93. The van der Waals surface area contributed by atoms with Crippen LogP contribution in [0.1, 0.15) is 31.2 Å². The third-order valence-electron chi connectivity index (χ3n) is 3.59. The topological polar surface area (TPSA) is 35.2 Å². The molecule has 0 saturated heterocycles. The van der Waals surface area contributed by atoms with Gasteiger partial charge in [-0.25, -0.2) is 0 Å². The molecule has 2 nitrogen and oxygen atoms in total. The molecule has 1 aromatic carbocycles. The Kier molecular flexibility index (Phi) is 1.98. The van der Waals surface area contributed by atoms with Gasteiger partial charge in [0.1, 0.15) is 11.9 Å². The summed E-state index contributed by atoms with van der Waals surface area (Å²) >= 11 is 6.01. The van der Waals surface area contributed by atoms with Crippen LogP contribution >= 0.6 is 11.6 Å². The third-order valence-corrected chi connectivity index (χ3v) is 3.83. The maximum absolute atomic E-state index is 6.46. The zero-order valence-corrected chi connectivity index (χ0v) is 9.26. The Labute approximate surface area is 94.4 Å². The van der Waals surface area contributed by atoms with E-state index in [2.05, 4.69) is 0 Å². The molecule has 1 aromatic rings. The zero-order valence-electron chi connectivity index (χ0n) is 8.50. The van der Waals surface area contributed by atoms with Crippen molar-refractivity contribution in [2.75, 3.05) is 0 Å². The highest BCUT2D eigenvalue weighted by atomic mass is 35.5. The molecule has 3 heteroatoms. The van der Waals surface area contributed by atoms with Crippen molar-refractivity contribution in [3.63, 3.8) is 0 Å². The lowest BCUT2D eigenvalue weighted by Gasteiger charge is -2.34. The quantitative estimate of drug-likeness (QED) is 0.734. The highest BCUT2D eigenvalue weighted by Crippen LogP contribution is 2.47. The van der Waals surface area contributed by atoms with Gasteiger partial charge in [0.05, 0.1) is 5.54 Å². The van der Waals surface area contributed by atoms with E-state index in [9.17, 15) is 0 Å². The van der Waals surface area contributed by atoms with Gasteiger partial charge in [0, 0.05) is 10.6 Å². The molecule has 0 spiro atoms. The molecule has 0 amide bonds. The zero-order chi connectivity index (χ0) is 10.5. The van der Waals surface area contributed by atoms with Gasteiger partial charge in [-0.05, 0) is 37.5 Å². The summed E-state index contributed by atoms with van der Waals surface area (Å²) in [4.78, 5) is 0. The number of hydrogen-bond donors (Lipinski definition) is 1. The van der Waals surface area contributed by atoms with E-state index in [1.807, 2.05) is 18.2 Å². The largest absolute Gasteiger partial charge is 0.488 e. The van der Waals surface area contributed by atoms with Crippen LogP contribution in [0.15, 0.2) is 18.2 Å². The van der Waals surface area contributed by atoms with Crippen LogP contribution in [0.3, 0.4) is 0 Å². The fourth-order valence-electron chi connectivity index (χ4n) is 2.76. The average Bonchev–Trinajstić information content (AvgIpc) is 2.51. The minimum absolute atomic E-state index is 0.153. The normalized spacial score (nSPS) is 33.1. The number of rotatable bonds is 0. The first-order chi connectivity index (χ1) is 7.20. The number of hydrogen-bond acceptors (Lipinski definition) is 2. The molecule has 1 heterocycles. The summed E-state index contributed by atoms with van der Waals surface area (Å²) in [5.41, 5.74) is 7.26. The van der Waals surface area contributed by atoms with Gasteiger partial charge in [-0.1, -0.05) is 18.0 Å². The van der Waals surface area contributed by atoms with Crippen molar-refractivity contribution in [3.8, 4) is 5.75 Å². The third kappa shape index (κ3) is 1.28. The molecule has 2 unspecified atom stereocenters. The Morgan fingerprint density at radius 1 is 1.40 bits per heavy atom. The molecular weight excluding hydrogens is 210 g/mol. The van der Waals surface area contributed by atoms with Gasteiger partial charge in [-0.3, -0.25) is 0 Å². The van der Waals surface area contributed by atoms with Crippen LogP contribution in [0.4, 0.5) is 0 Å². The lowest BCUT2D eigenvalue weighted by Crippen LogP contribution is -2.48. The Morgan fingerprint density at radius 3 is 3.13 bits per heavy atom. The maximum atomic E-state index is 6.46. The van der Waals surface area contributed by atoms with E-state index in [4.69, 9.17) is 22.1 Å². The second-order valence-electron chi connectivity index (χ2n) is 4.53. The van der Waals surface area contributed by atoms with E-state index in [0.29, 0.717) is 0 Å². The van der Waals surface area contributed by atoms with Gasteiger partial charge < -0.3 is 10.5 Å². The van der Waals surface area contributed by atoms with Gasteiger partial charge in [-0.2, -0.15) is 0 Å². The molecule has 0 aromatic heterocycles. The highest BCUT2D eigenvalue weighted by Gasteiger charge is 2.47. The predicted octanol–water partition coefficient (Wildman–Crippen LogP) is 2.83. The standard InChI is InChI=1S/C12H14ClNO/c13-8-4-5-10-9(7-8)12(14)6-2-1-3-11(12)15-10/h4-5,7,11H,1-3,6,14H2. The molecular formula is C12H14ClNO. The van der Waals surface area contributed by atoms with Crippen LogP contribution < -0.4 is 10.5 Å². The molecule has 1 saturated carbocycles. The first kappa shape index (κ1) is 9.49. The lowest BCUT2D eigenvalue weighted by atomic mass is 9.77. The number of benzene rings is 1. The van der Waals surface area contributed by atoms with E-state index >= 15 is 0 Å². The van der Waals surface area contributed by atoms with Crippen LogP contribution in [0.2, 0.25) is 5.02 Å². The van der Waals surface area contributed by atoms with Crippen LogP contribution in [0.5, 0.6) is 5.75 Å².